The Balaban J connectivity index is 1.66. The van der Waals surface area contributed by atoms with E-state index in [0.29, 0.717) is 11.7 Å². The van der Waals surface area contributed by atoms with Crippen LogP contribution in [-0.2, 0) is 0 Å². The zero-order valence-electron chi connectivity index (χ0n) is 12.2. The van der Waals surface area contributed by atoms with E-state index in [1.165, 1.54) is 13.0 Å². The molecule has 1 aromatic carbocycles. The summed E-state index contributed by atoms with van der Waals surface area (Å²) >= 11 is 0. The van der Waals surface area contributed by atoms with Crippen LogP contribution in [0.25, 0.3) is 11.5 Å². The number of benzene rings is 1. The normalized spacial score (nSPS) is 27.8. The molecule has 4 rings (SSSR count). The van der Waals surface area contributed by atoms with E-state index in [4.69, 9.17) is 9.26 Å². The number of hydrogen-bond acceptors (Lipinski definition) is 5. The number of piperidine rings is 1. The fourth-order valence-corrected chi connectivity index (χ4v) is 3.45. The van der Waals surface area contributed by atoms with Gasteiger partial charge in [0.05, 0.1) is 5.56 Å². The minimum atomic E-state index is -0.0383. The molecule has 1 unspecified atom stereocenters. The maximum Gasteiger partial charge on any atom is 0.261 e. The van der Waals surface area contributed by atoms with E-state index in [2.05, 4.69) is 15.0 Å². The van der Waals surface area contributed by atoms with Crippen LogP contribution in [0, 0.1) is 6.92 Å². The summed E-state index contributed by atoms with van der Waals surface area (Å²) < 4.78 is 11.8. The number of fused-ring (bicyclic) bond motifs is 2. The van der Waals surface area contributed by atoms with Gasteiger partial charge >= 0.3 is 0 Å². The van der Waals surface area contributed by atoms with Crippen LogP contribution in [0.4, 0.5) is 0 Å². The highest BCUT2D eigenvalue weighted by Crippen LogP contribution is 2.38. The lowest BCUT2D eigenvalue weighted by atomic mass is 9.94. The van der Waals surface area contributed by atoms with Crippen molar-refractivity contribution in [3.05, 3.63) is 30.1 Å². The molecule has 3 heterocycles. The van der Waals surface area contributed by atoms with Gasteiger partial charge in [0.15, 0.2) is 5.82 Å². The molecular weight excluding hydrogens is 266 g/mol. The topological polar surface area (TPSA) is 51.4 Å². The fourth-order valence-electron chi connectivity index (χ4n) is 3.45. The molecule has 2 aliphatic rings. The van der Waals surface area contributed by atoms with E-state index in [-0.39, 0.29) is 5.60 Å². The minimum absolute atomic E-state index is 0.0383. The second kappa shape index (κ2) is 4.84. The molecule has 0 radical (unpaired) electrons. The van der Waals surface area contributed by atoms with Crippen LogP contribution < -0.4 is 4.74 Å². The molecule has 0 saturated carbocycles. The van der Waals surface area contributed by atoms with E-state index in [1.54, 1.807) is 0 Å². The number of para-hydroxylation sites is 1. The van der Waals surface area contributed by atoms with E-state index < -0.39 is 0 Å². The second-order valence-electron chi connectivity index (χ2n) is 6.06. The molecule has 0 amide bonds. The van der Waals surface area contributed by atoms with Gasteiger partial charge < -0.3 is 9.26 Å². The Labute approximate surface area is 123 Å². The van der Waals surface area contributed by atoms with Crippen LogP contribution in [0.1, 0.15) is 25.1 Å². The second-order valence-corrected chi connectivity index (χ2v) is 6.06. The van der Waals surface area contributed by atoms with Crippen molar-refractivity contribution in [1.29, 1.82) is 0 Å². The number of nitrogens with zero attached hydrogens (tertiary/aromatic N) is 3. The first kappa shape index (κ1) is 12.8. The van der Waals surface area contributed by atoms with Crippen molar-refractivity contribution in [2.75, 3.05) is 19.6 Å². The highest BCUT2D eigenvalue weighted by Gasteiger charge is 2.43. The van der Waals surface area contributed by atoms with Gasteiger partial charge in [-0.2, -0.15) is 4.98 Å². The Bertz CT molecular complexity index is 650. The van der Waals surface area contributed by atoms with Crippen molar-refractivity contribution in [1.82, 2.24) is 15.0 Å². The molecule has 2 saturated heterocycles. The molecule has 0 aliphatic carbocycles. The van der Waals surface area contributed by atoms with E-state index in [1.807, 2.05) is 31.2 Å². The average Bonchev–Trinajstić information content (AvgIpc) is 3.04. The highest BCUT2D eigenvalue weighted by atomic mass is 16.5. The lowest BCUT2D eigenvalue weighted by Gasteiger charge is -2.34. The summed E-state index contributed by atoms with van der Waals surface area (Å²) in [4.78, 5) is 6.81. The predicted molar refractivity (Wildman–Crippen MR) is 78.1 cm³/mol. The summed E-state index contributed by atoms with van der Waals surface area (Å²) in [5, 5.41) is 3.88. The molecule has 2 aromatic rings. The first-order valence-electron chi connectivity index (χ1n) is 7.55. The third-order valence-corrected chi connectivity index (χ3v) is 4.47. The largest absolute Gasteiger partial charge is 0.485 e. The quantitative estimate of drug-likeness (QED) is 0.867. The van der Waals surface area contributed by atoms with Gasteiger partial charge in [0.1, 0.15) is 11.4 Å². The van der Waals surface area contributed by atoms with Gasteiger partial charge in [-0.15, -0.1) is 0 Å². The first-order chi connectivity index (χ1) is 10.2. The molecule has 1 aromatic heterocycles. The Hall–Kier alpha value is -1.88. The smallest absolute Gasteiger partial charge is 0.261 e. The molecule has 0 N–H and O–H groups in total. The number of hydrogen-bond donors (Lipinski definition) is 0. The van der Waals surface area contributed by atoms with Crippen LogP contribution in [0.15, 0.2) is 28.8 Å². The van der Waals surface area contributed by atoms with Gasteiger partial charge in [-0.05, 0) is 38.4 Å². The molecule has 2 bridgehead atoms. The summed E-state index contributed by atoms with van der Waals surface area (Å²) in [5.41, 5.74) is 0.847. The number of ether oxygens (including phenoxy) is 1. The summed E-state index contributed by atoms with van der Waals surface area (Å²) in [6, 6.07) is 7.95. The molecule has 5 nitrogen and oxygen atoms in total. The summed E-state index contributed by atoms with van der Waals surface area (Å²) in [7, 11) is 0. The summed E-state index contributed by atoms with van der Waals surface area (Å²) in [5.74, 6) is 2.03. The third-order valence-electron chi connectivity index (χ3n) is 4.47. The van der Waals surface area contributed by atoms with Crippen molar-refractivity contribution in [2.45, 2.75) is 31.8 Å². The SMILES string of the molecule is Cc1noc(-c2ccccc2O[C@@]23CCCN(CC2)C3)n1. The summed E-state index contributed by atoms with van der Waals surface area (Å²) in [6.07, 6.45) is 3.44. The third kappa shape index (κ3) is 2.31. The van der Waals surface area contributed by atoms with Crippen LogP contribution in [0.5, 0.6) is 5.75 Å². The van der Waals surface area contributed by atoms with Crippen LogP contribution >= 0.6 is 0 Å². The zero-order valence-corrected chi connectivity index (χ0v) is 12.2. The molecule has 110 valence electrons. The fraction of sp³-hybridized carbons (Fsp3) is 0.500. The van der Waals surface area contributed by atoms with Gasteiger partial charge in [-0.1, -0.05) is 17.3 Å². The molecule has 21 heavy (non-hydrogen) atoms. The van der Waals surface area contributed by atoms with Gasteiger partial charge in [0, 0.05) is 19.5 Å². The van der Waals surface area contributed by atoms with Crippen LogP contribution in [0.2, 0.25) is 0 Å². The Morgan fingerprint density at radius 3 is 3.00 bits per heavy atom. The molecule has 5 heteroatoms. The van der Waals surface area contributed by atoms with Gasteiger partial charge in [-0.3, -0.25) is 4.90 Å². The van der Waals surface area contributed by atoms with Gasteiger partial charge in [-0.25, -0.2) is 0 Å². The van der Waals surface area contributed by atoms with Gasteiger partial charge in [0.25, 0.3) is 5.89 Å². The van der Waals surface area contributed by atoms with Crippen molar-refractivity contribution >= 4 is 0 Å². The minimum Gasteiger partial charge on any atom is -0.485 e. The number of rotatable bonds is 3. The average molecular weight is 285 g/mol. The molecule has 2 aliphatic heterocycles. The standard InChI is InChI=1S/C16H19N3O2/c1-12-17-15(21-18-12)13-5-2-3-6-14(13)20-16-7-4-9-19(11-16)10-8-16/h2-3,5-6H,4,7-11H2,1H3/t16-/m0/s1. The van der Waals surface area contributed by atoms with E-state index in [0.717, 1.165) is 37.2 Å². The van der Waals surface area contributed by atoms with E-state index >= 15 is 0 Å². The van der Waals surface area contributed by atoms with Crippen molar-refractivity contribution in [2.24, 2.45) is 0 Å². The van der Waals surface area contributed by atoms with Crippen molar-refractivity contribution in [3.63, 3.8) is 0 Å². The van der Waals surface area contributed by atoms with Crippen molar-refractivity contribution < 1.29 is 9.26 Å². The molecule has 2 fully saturated rings. The Kier molecular flexibility index (Phi) is 2.96. The maximum absolute atomic E-state index is 6.46. The highest BCUT2D eigenvalue weighted by molar-refractivity contribution is 5.62. The predicted octanol–water partition coefficient (Wildman–Crippen LogP) is 2.66. The van der Waals surface area contributed by atoms with Gasteiger partial charge in [0.2, 0.25) is 0 Å². The zero-order chi connectivity index (χ0) is 14.3. The molecular formula is C16H19N3O2. The molecule has 2 atom stereocenters. The monoisotopic (exact) mass is 285 g/mol. The Morgan fingerprint density at radius 2 is 2.14 bits per heavy atom. The van der Waals surface area contributed by atoms with Crippen LogP contribution in [-0.4, -0.2) is 40.3 Å². The Morgan fingerprint density at radius 1 is 1.24 bits per heavy atom. The summed E-state index contributed by atoms with van der Waals surface area (Å²) in [6.45, 7) is 5.20. The lowest BCUT2D eigenvalue weighted by molar-refractivity contribution is 0.0457. The van der Waals surface area contributed by atoms with Crippen molar-refractivity contribution in [3.8, 4) is 17.2 Å². The number of aryl methyl sites for hydroxylation is 1. The maximum atomic E-state index is 6.46. The van der Waals surface area contributed by atoms with E-state index in [9.17, 15) is 0 Å². The number of aromatic nitrogens is 2. The van der Waals surface area contributed by atoms with Crippen LogP contribution in [0.3, 0.4) is 0 Å². The first-order valence-corrected chi connectivity index (χ1v) is 7.55. The lowest BCUT2D eigenvalue weighted by Crippen LogP contribution is -2.43. The molecule has 0 spiro atoms.